The lowest BCUT2D eigenvalue weighted by Gasteiger charge is -2.44. The van der Waals surface area contributed by atoms with Crippen molar-refractivity contribution in [3.05, 3.63) is 23.8 Å². The molecule has 19 heavy (non-hydrogen) atoms. The van der Waals surface area contributed by atoms with Gasteiger partial charge in [-0.15, -0.1) is 12.4 Å². The van der Waals surface area contributed by atoms with E-state index in [1.807, 2.05) is 12.1 Å². The van der Waals surface area contributed by atoms with E-state index in [2.05, 4.69) is 11.8 Å². The molecule has 1 aromatic rings. The topological polar surface area (TPSA) is 32.7 Å². The number of hydrogen-bond acceptors (Lipinski definition) is 3. The Morgan fingerprint density at radius 2 is 2.26 bits per heavy atom. The van der Waals surface area contributed by atoms with Crippen molar-refractivity contribution in [2.45, 2.75) is 38.1 Å². The predicted octanol–water partition coefficient (Wildman–Crippen LogP) is 3.16. The van der Waals surface area contributed by atoms with Gasteiger partial charge in [-0.25, -0.2) is 0 Å². The molecule has 0 aliphatic carbocycles. The van der Waals surface area contributed by atoms with E-state index in [4.69, 9.17) is 4.74 Å². The largest absolute Gasteiger partial charge is 0.508 e. The SMILES string of the molecule is CCCN1CCCC2c3cc(O)ccc3OCC21.Cl. The number of fused-ring (bicyclic) bond motifs is 3. The normalized spacial score (nSPS) is 25.7. The molecule has 4 heteroatoms. The summed E-state index contributed by atoms with van der Waals surface area (Å²) in [6, 6.07) is 6.00. The first-order valence-corrected chi connectivity index (χ1v) is 6.99. The van der Waals surface area contributed by atoms with Crippen molar-refractivity contribution >= 4 is 12.4 Å². The summed E-state index contributed by atoms with van der Waals surface area (Å²) in [5, 5.41) is 9.68. The van der Waals surface area contributed by atoms with Gasteiger partial charge in [-0.1, -0.05) is 6.92 Å². The van der Waals surface area contributed by atoms with E-state index >= 15 is 0 Å². The predicted molar refractivity (Wildman–Crippen MR) is 78.5 cm³/mol. The Labute approximate surface area is 121 Å². The van der Waals surface area contributed by atoms with Gasteiger partial charge < -0.3 is 9.84 Å². The van der Waals surface area contributed by atoms with Crippen LogP contribution in [0.2, 0.25) is 0 Å². The maximum Gasteiger partial charge on any atom is 0.123 e. The Kier molecular flexibility index (Phi) is 4.58. The molecule has 2 aliphatic heterocycles. The highest BCUT2D eigenvalue weighted by atomic mass is 35.5. The van der Waals surface area contributed by atoms with E-state index in [0.29, 0.717) is 17.7 Å². The van der Waals surface area contributed by atoms with Gasteiger partial charge >= 0.3 is 0 Å². The molecule has 3 rings (SSSR count). The first kappa shape index (κ1) is 14.5. The second-order valence-electron chi connectivity index (χ2n) is 5.39. The summed E-state index contributed by atoms with van der Waals surface area (Å²) in [6.45, 7) is 5.36. The molecule has 1 fully saturated rings. The molecule has 2 heterocycles. The van der Waals surface area contributed by atoms with Crippen molar-refractivity contribution < 1.29 is 9.84 Å². The van der Waals surface area contributed by atoms with Crippen molar-refractivity contribution in [3.63, 3.8) is 0 Å². The molecule has 0 bridgehead atoms. The van der Waals surface area contributed by atoms with Crippen LogP contribution in [0.3, 0.4) is 0 Å². The standard InChI is InChI=1S/C15H21NO2.ClH/c1-2-7-16-8-3-4-12-13-9-11(17)5-6-15(13)18-10-14(12)16;/h5-6,9,12,14,17H,2-4,7-8,10H2,1H3;1H. The van der Waals surface area contributed by atoms with E-state index in [-0.39, 0.29) is 12.4 Å². The van der Waals surface area contributed by atoms with Gasteiger partial charge in [0, 0.05) is 11.5 Å². The number of phenols is 1. The first-order valence-electron chi connectivity index (χ1n) is 6.99. The summed E-state index contributed by atoms with van der Waals surface area (Å²) in [5.74, 6) is 1.85. The number of rotatable bonds is 2. The highest BCUT2D eigenvalue weighted by Gasteiger charge is 2.37. The van der Waals surface area contributed by atoms with Gasteiger partial charge in [0.25, 0.3) is 0 Å². The van der Waals surface area contributed by atoms with Gasteiger partial charge in [0.1, 0.15) is 18.1 Å². The zero-order chi connectivity index (χ0) is 12.5. The fourth-order valence-corrected chi connectivity index (χ4v) is 3.41. The molecular formula is C15H22ClNO2. The van der Waals surface area contributed by atoms with Gasteiger partial charge in [0.2, 0.25) is 0 Å². The third kappa shape index (κ3) is 2.67. The minimum Gasteiger partial charge on any atom is -0.508 e. The lowest BCUT2D eigenvalue weighted by Crippen LogP contribution is -2.49. The van der Waals surface area contributed by atoms with Crippen LogP contribution in [0.4, 0.5) is 0 Å². The molecule has 106 valence electrons. The highest BCUT2D eigenvalue weighted by molar-refractivity contribution is 5.85. The zero-order valence-corrected chi connectivity index (χ0v) is 12.2. The number of hydrogen-bond donors (Lipinski definition) is 1. The zero-order valence-electron chi connectivity index (χ0n) is 11.3. The monoisotopic (exact) mass is 283 g/mol. The van der Waals surface area contributed by atoms with Crippen molar-refractivity contribution in [1.82, 2.24) is 4.90 Å². The Morgan fingerprint density at radius 1 is 1.42 bits per heavy atom. The number of phenolic OH excluding ortho intramolecular Hbond substituents is 1. The van der Waals surface area contributed by atoms with E-state index in [0.717, 1.165) is 18.9 Å². The van der Waals surface area contributed by atoms with E-state index in [1.54, 1.807) is 6.07 Å². The van der Waals surface area contributed by atoms with Crippen LogP contribution in [0.15, 0.2) is 18.2 Å². The van der Waals surface area contributed by atoms with E-state index in [1.165, 1.54) is 31.4 Å². The van der Waals surface area contributed by atoms with Crippen LogP contribution < -0.4 is 4.74 Å². The lowest BCUT2D eigenvalue weighted by atomic mass is 9.81. The maximum absolute atomic E-state index is 9.68. The molecule has 0 amide bonds. The molecule has 0 radical (unpaired) electrons. The molecule has 1 aromatic carbocycles. The Hall–Kier alpha value is -0.930. The summed E-state index contributed by atoms with van der Waals surface area (Å²) in [5.41, 5.74) is 1.20. The number of piperidine rings is 1. The number of halogens is 1. The Bertz CT molecular complexity index is 436. The smallest absolute Gasteiger partial charge is 0.123 e. The van der Waals surface area contributed by atoms with Gasteiger partial charge in [-0.05, 0) is 50.6 Å². The highest BCUT2D eigenvalue weighted by Crippen LogP contribution is 2.42. The Balaban J connectivity index is 0.00000133. The van der Waals surface area contributed by atoms with Crippen LogP contribution in [-0.4, -0.2) is 35.7 Å². The fourth-order valence-electron chi connectivity index (χ4n) is 3.41. The van der Waals surface area contributed by atoms with Gasteiger partial charge in [0.15, 0.2) is 0 Å². The van der Waals surface area contributed by atoms with Crippen molar-refractivity contribution in [3.8, 4) is 11.5 Å². The third-order valence-corrected chi connectivity index (χ3v) is 4.21. The molecule has 2 unspecified atom stereocenters. The Morgan fingerprint density at radius 3 is 3.05 bits per heavy atom. The third-order valence-electron chi connectivity index (χ3n) is 4.21. The molecule has 3 nitrogen and oxygen atoms in total. The summed E-state index contributed by atoms with van der Waals surface area (Å²) < 4.78 is 5.87. The molecule has 0 aromatic heterocycles. The average molecular weight is 284 g/mol. The molecule has 1 saturated heterocycles. The quantitative estimate of drug-likeness (QED) is 0.905. The summed E-state index contributed by atoms with van der Waals surface area (Å²) in [7, 11) is 0. The minimum absolute atomic E-state index is 0. The average Bonchev–Trinajstić information content (AvgIpc) is 2.39. The van der Waals surface area contributed by atoms with Crippen LogP contribution in [0, 0.1) is 0 Å². The van der Waals surface area contributed by atoms with Gasteiger partial charge in [-0.2, -0.15) is 0 Å². The second kappa shape index (κ2) is 6.02. The van der Waals surface area contributed by atoms with Crippen molar-refractivity contribution in [1.29, 1.82) is 0 Å². The van der Waals surface area contributed by atoms with Crippen LogP contribution in [0.1, 0.15) is 37.7 Å². The molecular weight excluding hydrogens is 262 g/mol. The maximum atomic E-state index is 9.68. The van der Waals surface area contributed by atoms with Crippen LogP contribution >= 0.6 is 12.4 Å². The van der Waals surface area contributed by atoms with Crippen LogP contribution in [-0.2, 0) is 0 Å². The van der Waals surface area contributed by atoms with Gasteiger partial charge in [-0.3, -0.25) is 4.90 Å². The lowest BCUT2D eigenvalue weighted by molar-refractivity contribution is 0.0658. The van der Waals surface area contributed by atoms with Gasteiger partial charge in [0.05, 0.1) is 6.04 Å². The van der Waals surface area contributed by atoms with E-state index in [9.17, 15) is 5.11 Å². The minimum atomic E-state index is 0. The first-order chi connectivity index (χ1) is 8.79. The van der Waals surface area contributed by atoms with Crippen LogP contribution in [0.25, 0.3) is 0 Å². The summed E-state index contributed by atoms with van der Waals surface area (Å²) in [6.07, 6.45) is 3.65. The molecule has 2 aliphatic rings. The molecule has 0 spiro atoms. The fraction of sp³-hybridized carbons (Fsp3) is 0.600. The summed E-state index contributed by atoms with van der Waals surface area (Å²) >= 11 is 0. The van der Waals surface area contributed by atoms with E-state index < -0.39 is 0 Å². The number of likely N-dealkylation sites (tertiary alicyclic amines) is 1. The van der Waals surface area contributed by atoms with Crippen molar-refractivity contribution in [2.75, 3.05) is 19.7 Å². The second-order valence-corrected chi connectivity index (χ2v) is 5.39. The number of aromatic hydroxyl groups is 1. The number of benzene rings is 1. The summed E-state index contributed by atoms with van der Waals surface area (Å²) in [4.78, 5) is 2.56. The van der Waals surface area contributed by atoms with Crippen LogP contribution in [0.5, 0.6) is 11.5 Å². The number of nitrogens with zero attached hydrogens (tertiary/aromatic N) is 1. The molecule has 2 atom stereocenters. The van der Waals surface area contributed by atoms with Crippen molar-refractivity contribution in [2.24, 2.45) is 0 Å². The number of ether oxygens (including phenoxy) is 1. The molecule has 0 saturated carbocycles. The molecule has 1 N–H and O–H groups in total.